The molecule has 0 aliphatic heterocycles. The van der Waals surface area contributed by atoms with E-state index in [4.69, 9.17) is 4.74 Å². The highest BCUT2D eigenvalue weighted by atomic mass is 19.4. The van der Waals surface area contributed by atoms with Crippen molar-refractivity contribution in [1.29, 1.82) is 0 Å². The molecule has 0 saturated heterocycles. The van der Waals surface area contributed by atoms with Gasteiger partial charge in [0.05, 0.1) is 16.7 Å². The average Bonchev–Trinajstić information content (AvgIpc) is 3.02. The number of nitro benzene ring substituents is 1. The zero-order valence-corrected chi connectivity index (χ0v) is 16.4. The van der Waals surface area contributed by atoms with Crippen molar-refractivity contribution in [3.8, 4) is 11.5 Å². The second-order valence-corrected chi connectivity index (χ2v) is 6.77. The summed E-state index contributed by atoms with van der Waals surface area (Å²) in [7, 11) is 0. The fourth-order valence-electron chi connectivity index (χ4n) is 2.78. The molecule has 3 aromatic rings. The lowest BCUT2D eigenvalue weighted by atomic mass is 10.2. The van der Waals surface area contributed by atoms with Gasteiger partial charge in [-0.2, -0.15) is 18.3 Å². The van der Waals surface area contributed by atoms with Gasteiger partial charge in [0.15, 0.2) is 5.69 Å². The van der Waals surface area contributed by atoms with Crippen LogP contribution in [0, 0.1) is 24.0 Å². The largest absolute Gasteiger partial charge is 0.457 e. The van der Waals surface area contributed by atoms with Crippen molar-refractivity contribution in [3.05, 3.63) is 75.6 Å². The third-order valence-corrected chi connectivity index (χ3v) is 4.18. The van der Waals surface area contributed by atoms with Crippen LogP contribution >= 0.6 is 0 Å². The van der Waals surface area contributed by atoms with Crippen LogP contribution in [0.25, 0.3) is 0 Å². The predicted octanol–water partition coefficient (Wildman–Crippen LogP) is 4.86. The Morgan fingerprint density at radius 1 is 1.16 bits per heavy atom. The van der Waals surface area contributed by atoms with Crippen molar-refractivity contribution >= 4 is 17.3 Å². The number of hydrogen-bond donors (Lipinski definition) is 1. The summed E-state index contributed by atoms with van der Waals surface area (Å²) in [5, 5.41) is 17.1. The predicted molar refractivity (Wildman–Crippen MR) is 105 cm³/mol. The molecule has 3 rings (SSSR count). The first-order chi connectivity index (χ1) is 14.5. The molecule has 0 aliphatic carbocycles. The van der Waals surface area contributed by atoms with E-state index in [0.29, 0.717) is 5.75 Å². The van der Waals surface area contributed by atoms with Crippen LogP contribution in [0.4, 0.5) is 24.5 Å². The summed E-state index contributed by atoms with van der Waals surface area (Å²) in [5.74, 6) is -0.142. The lowest BCUT2D eigenvalue weighted by Gasteiger charge is -2.10. The molecule has 1 amide bonds. The molecule has 0 bridgehead atoms. The van der Waals surface area contributed by atoms with Gasteiger partial charge in [-0.3, -0.25) is 19.6 Å². The van der Waals surface area contributed by atoms with E-state index in [1.165, 1.54) is 19.1 Å². The molecule has 11 heteroatoms. The molecule has 0 atom stereocenters. The Labute approximate surface area is 174 Å². The number of nitrogens with zero attached hydrogens (tertiary/aromatic N) is 3. The van der Waals surface area contributed by atoms with Gasteiger partial charge >= 0.3 is 6.18 Å². The summed E-state index contributed by atoms with van der Waals surface area (Å²) < 4.78 is 44.9. The molecular formula is C20H17F3N4O4. The maximum absolute atomic E-state index is 12.8. The number of nitrogens with one attached hydrogen (secondary N) is 1. The van der Waals surface area contributed by atoms with Crippen LogP contribution in [-0.4, -0.2) is 20.6 Å². The van der Waals surface area contributed by atoms with Gasteiger partial charge < -0.3 is 10.1 Å². The fraction of sp³-hybridized carbons (Fsp3) is 0.200. The maximum atomic E-state index is 12.8. The molecule has 0 unspecified atom stereocenters. The number of rotatable bonds is 6. The van der Waals surface area contributed by atoms with Crippen molar-refractivity contribution in [1.82, 2.24) is 9.78 Å². The summed E-state index contributed by atoms with van der Waals surface area (Å²) in [4.78, 5) is 22.9. The van der Waals surface area contributed by atoms with Crippen molar-refractivity contribution in [2.24, 2.45) is 0 Å². The fourth-order valence-corrected chi connectivity index (χ4v) is 2.78. The van der Waals surface area contributed by atoms with Gasteiger partial charge in [-0.15, -0.1) is 0 Å². The van der Waals surface area contributed by atoms with Crippen molar-refractivity contribution < 1.29 is 27.6 Å². The number of aryl methyl sites for hydroxylation is 2. The van der Waals surface area contributed by atoms with Crippen molar-refractivity contribution in [2.45, 2.75) is 26.6 Å². The minimum Gasteiger partial charge on any atom is -0.457 e. The number of anilines is 1. The molecule has 0 saturated carbocycles. The molecule has 1 N–H and O–H groups in total. The third-order valence-electron chi connectivity index (χ3n) is 4.18. The summed E-state index contributed by atoms with van der Waals surface area (Å²) in [5.41, 5.74) is -0.311. The number of hydrogen-bond acceptors (Lipinski definition) is 5. The Morgan fingerprint density at radius 2 is 1.90 bits per heavy atom. The number of ether oxygens (including phenoxy) is 1. The Kier molecular flexibility index (Phi) is 5.95. The van der Waals surface area contributed by atoms with Crippen LogP contribution in [0.2, 0.25) is 0 Å². The van der Waals surface area contributed by atoms with E-state index in [1.54, 1.807) is 18.2 Å². The molecule has 162 valence electrons. The number of aromatic nitrogens is 2. The van der Waals surface area contributed by atoms with Crippen LogP contribution in [-0.2, 0) is 17.5 Å². The van der Waals surface area contributed by atoms with Gasteiger partial charge in [0, 0.05) is 17.8 Å². The summed E-state index contributed by atoms with van der Waals surface area (Å²) in [6, 6.07) is 11.5. The van der Waals surface area contributed by atoms with Crippen LogP contribution < -0.4 is 10.1 Å². The number of carbonyl (C=O) groups is 1. The zero-order valence-electron chi connectivity index (χ0n) is 16.4. The molecule has 0 aliphatic rings. The number of carbonyl (C=O) groups excluding carboxylic acids is 1. The average molecular weight is 434 g/mol. The smallest absolute Gasteiger partial charge is 0.435 e. The van der Waals surface area contributed by atoms with Gasteiger partial charge in [-0.1, -0.05) is 12.1 Å². The van der Waals surface area contributed by atoms with Crippen molar-refractivity contribution in [2.75, 3.05) is 5.32 Å². The Bertz CT molecular complexity index is 1140. The highest BCUT2D eigenvalue weighted by Gasteiger charge is 2.34. The van der Waals surface area contributed by atoms with Crippen LogP contribution in [0.15, 0.2) is 48.5 Å². The van der Waals surface area contributed by atoms with E-state index in [1.807, 2.05) is 13.0 Å². The minimum absolute atomic E-state index is 0.0581. The van der Waals surface area contributed by atoms with Crippen LogP contribution in [0.1, 0.15) is 17.0 Å². The molecular weight excluding hydrogens is 417 g/mol. The standard InChI is InChI=1S/C20H17F3N4O4/c1-12-4-3-5-16(6-12)31-17-9-14(8-15(10-17)27(29)30)24-19(28)11-26-13(2)7-18(25-26)20(21,22)23/h3-10H,11H2,1-2H3,(H,24,28). The van der Waals surface area contributed by atoms with Gasteiger partial charge in [0.1, 0.15) is 18.0 Å². The number of amides is 1. The van der Waals surface area contributed by atoms with Crippen LogP contribution in [0.5, 0.6) is 11.5 Å². The number of halogens is 3. The first-order valence-corrected chi connectivity index (χ1v) is 8.97. The Balaban J connectivity index is 1.80. The van der Waals surface area contributed by atoms with E-state index in [9.17, 15) is 28.1 Å². The third kappa shape index (κ3) is 5.59. The van der Waals surface area contributed by atoms with E-state index in [-0.39, 0.29) is 22.8 Å². The SMILES string of the molecule is Cc1cccc(Oc2cc(NC(=O)Cn3nc(C(F)(F)F)cc3C)cc([N+](=O)[O-])c2)c1. The monoisotopic (exact) mass is 434 g/mol. The topological polar surface area (TPSA) is 99.3 Å². The molecule has 8 nitrogen and oxygen atoms in total. The molecule has 0 fully saturated rings. The van der Waals surface area contributed by atoms with Gasteiger partial charge in [-0.05, 0) is 37.6 Å². The molecule has 2 aromatic carbocycles. The molecule has 0 spiro atoms. The normalized spacial score (nSPS) is 11.3. The minimum atomic E-state index is -4.63. The number of benzene rings is 2. The van der Waals surface area contributed by atoms with E-state index in [2.05, 4.69) is 10.4 Å². The Hall–Kier alpha value is -3.89. The molecule has 1 heterocycles. The van der Waals surface area contributed by atoms with Gasteiger partial charge in [-0.25, -0.2) is 0 Å². The van der Waals surface area contributed by atoms with Gasteiger partial charge in [0.2, 0.25) is 5.91 Å². The number of alkyl halides is 3. The van der Waals surface area contributed by atoms with Gasteiger partial charge in [0.25, 0.3) is 5.69 Å². The Morgan fingerprint density at radius 3 is 2.52 bits per heavy atom. The molecule has 0 radical (unpaired) electrons. The second kappa shape index (κ2) is 8.46. The molecule has 1 aromatic heterocycles. The summed E-state index contributed by atoms with van der Waals surface area (Å²) in [6.07, 6.45) is -4.63. The van der Waals surface area contributed by atoms with Crippen molar-refractivity contribution in [3.63, 3.8) is 0 Å². The number of non-ortho nitro benzene ring substituents is 1. The number of nitro groups is 1. The second-order valence-electron chi connectivity index (χ2n) is 6.77. The van der Waals surface area contributed by atoms with E-state index < -0.39 is 29.2 Å². The molecule has 31 heavy (non-hydrogen) atoms. The summed E-state index contributed by atoms with van der Waals surface area (Å²) >= 11 is 0. The highest BCUT2D eigenvalue weighted by Crippen LogP contribution is 2.31. The van der Waals surface area contributed by atoms with Crippen LogP contribution in [0.3, 0.4) is 0 Å². The first kappa shape index (κ1) is 21.8. The lowest BCUT2D eigenvalue weighted by Crippen LogP contribution is -2.21. The first-order valence-electron chi connectivity index (χ1n) is 8.97. The summed E-state index contributed by atoms with van der Waals surface area (Å²) in [6.45, 7) is 2.74. The highest BCUT2D eigenvalue weighted by molar-refractivity contribution is 5.91. The maximum Gasteiger partial charge on any atom is 0.435 e. The quantitative estimate of drug-likeness (QED) is 0.441. The van der Waals surface area contributed by atoms with E-state index >= 15 is 0 Å². The zero-order chi connectivity index (χ0) is 22.8. The lowest BCUT2D eigenvalue weighted by molar-refractivity contribution is -0.384. The van der Waals surface area contributed by atoms with E-state index in [0.717, 1.165) is 22.4 Å².